The molecular formula is C26H31N3O2S. The second kappa shape index (κ2) is 11.3. The summed E-state index contributed by atoms with van der Waals surface area (Å²) in [7, 11) is 0. The van der Waals surface area contributed by atoms with Gasteiger partial charge in [0.2, 0.25) is 5.91 Å². The van der Waals surface area contributed by atoms with Crippen LogP contribution in [0.5, 0.6) is 0 Å². The fraction of sp³-hybridized carbons (Fsp3) is 0.385. The molecule has 3 amide bonds. The van der Waals surface area contributed by atoms with E-state index in [1.165, 1.54) is 27.2 Å². The van der Waals surface area contributed by atoms with Crippen LogP contribution in [0.4, 0.5) is 4.79 Å². The van der Waals surface area contributed by atoms with Crippen molar-refractivity contribution in [1.29, 1.82) is 0 Å². The van der Waals surface area contributed by atoms with Crippen molar-refractivity contribution in [1.82, 2.24) is 15.1 Å². The molecule has 6 heteroatoms. The van der Waals surface area contributed by atoms with E-state index < -0.39 is 0 Å². The summed E-state index contributed by atoms with van der Waals surface area (Å²) in [5.41, 5.74) is 5.47. The number of thioether (sulfide) groups is 1. The zero-order valence-electron chi connectivity index (χ0n) is 18.5. The molecule has 2 aliphatic heterocycles. The number of rotatable bonds is 6. The largest absolute Gasteiger partial charge is 0.338 e. The van der Waals surface area contributed by atoms with E-state index in [-0.39, 0.29) is 11.9 Å². The van der Waals surface area contributed by atoms with Crippen LogP contribution >= 0.6 is 11.8 Å². The van der Waals surface area contributed by atoms with E-state index in [1.54, 1.807) is 11.8 Å². The number of hydrogen-bond acceptors (Lipinski definition) is 4. The summed E-state index contributed by atoms with van der Waals surface area (Å²) in [6.45, 7) is 4.15. The highest BCUT2D eigenvalue weighted by atomic mass is 32.2. The number of amides is 3. The molecule has 1 N–H and O–H groups in total. The number of hydrogen-bond donors (Lipinski definition) is 1. The predicted molar refractivity (Wildman–Crippen MR) is 132 cm³/mol. The number of nitrogens with zero attached hydrogens (tertiary/aromatic N) is 2. The van der Waals surface area contributed by atoms with Gasteiger partial charge in [0.25, 0.3) is 0 Å². The average molecular weight is 450 g/mol. The van der Waals surface area contributed by atoms with E-state index in [2.05, 4.69) is 70.9 Å². The number of urea groups is 1. The summed E-state index contributed by atoms with van der Waals surface area (Å²) in [5, 5.41) is 2.91. The van der Waals surface area contributed by atoms with Crippen LogP contribution in [0.15, 0.2) is 66.2 Å². The minimum atomic E-state index is -0.241. The topological polar surface area (TPSA) is 52.7 Å². The molecule has 0 bridgehead atoms. The first-order valence-electron chi connectivity index (χ1n) is 11.4. The number of imide groups is 1. The second-order valence-electron chi connectivity index (χ2n) is 8.24. The van der Waals surface area contributed by atoms with Crippen LogP contribution in [-0.4, -0.2) is 66.0 Å². The smallest absolute Gasteiger partial charge is 0.324 e. The highest BCUT2D eigenvalue weighted by Crippen LogP contribution is 2.32. The van der Waals surface area contributed by atoms with Crippen LogP contribution in [0, 0.1) is 0 Å². The molecule has 5 nitrogen and oxygen atoms in total. The van der Waals surface area contributed by atoms with Gasteiger partial charge in [-0.25, -0.2) is 4.79 Å². The summed E-state index contributed by atoms with van der Waals surface area (Å²) < 4.78 is 0. The number of piperidine rings is 1. The van der Waals surface area contributed by atoms with Crippen molar-refractivity contribution in [3.8, 4) is 0 Å². The van der Waals surface area contributed by atoms with Crippen molar-refractivity contribution in [2.75, 3.05) is 44.2 Å². The van der Waals surface area contributed by atoms with E-state index in [0.717, 1.165) is 44.6 Å². The number of carbonyl (C=O) groups excluding carboxylic acids is 2. The molecule has 168 valence electrons. The normalized spacial score (nSPS) is 17.3. The SMILES string of the molecule is O=C1CSCCN1C(=O)NCCCN1CCC(=C(c2ccccc2)c2ccccc2)CC1. The molecule has 0 atom stereocenters. The molecule has 0 radical (unpaired) electrons. The van der Waals surface area contributed by atoms with Crippen molar-refractivity contribution >= 4 is 29.3 Å². The van der Waals surface area contributed by atoms with Crippen LogP contribution in [0.3, 0.4) is 0 Å². The average Bonchev–Trinajstić information content (AvgIpc) is 2.84. The van der Waals surface area contributed by atoms with Gasteiger partial charge in [0.15, 0.2) is 0 Å². The third-order valence-corrected chi connectivity index (χ3v) is 7.02. The van der Waals surface area contributed by atoms with Crippen LogP contribution in [0.1, 0.15) is 30.4 Å². The van der Waals surface area contributed by atoms with E-state index >= 15 is 0 Å². The second-order valence-corrected chi connectivity index (χ2v) is 9.34. The molecule has 32 heavy (non-hydrogen) atoms. The van der Waals surface area contributed by atoms with Crippen molar-refractivity contribution < 1.29 is 9.59 Å². The number of carbonyl (C=O) groups is 2. The quantitative estimate of drug-likeness (QED) is 0.670. The van der Waals surface area contributed by atoms with Gasteiger partial charge in [-0.2, -0.15) is 11.8 Å². The molecule has 4 rings (SSSR count). The number of nitrogens with one attached hydrogen (secondary N) is 1. The van der Waals surface area contributed by atoms with E-state index in [9.17, 15) is 9.59 Å². The fourth-order valence-corrected chi connectivity index (χ4v) is 5.19. The zero-order chi connectivity index (χ0) is 22.2. The molecule has 2 aliphatic rings. The van der Waals surface area contributed by atoms with Crippen LogP contribution in [0.25, 0.3) is 5.57 Å². The van der Waals surface area contributed by atoms with Crippen molar-refractivity contribution in [2.45, 2.75) is 19.3 Å². The van der Waals surface area contributed by atoms with E-state index in [1.807, 2.05) is 0 Å². The van der Waals surface area contributed by atoms with Gasteiger partial charge in [0.05, 0.1) is 5.75 Å². The molecule has 0 aliphatic carbocycles. The molecule has 2 saturated heterocycles. The minimum Gasteiger partial charge on any atom is -0.338 e. The van der Waals surface area contributed by atoms with Gasteiger partial charge < -0.3 is 10.2 Å². The maximum Gasteiger partial charge on any atom is 0.324 e. The lowest BCUT2D eigenvalue weighted by Crippen LogP contribution is -2.48. The Labute approximate surface area is 194 Å². The molecule has 0 aromatic heterocycles. The maximum absolute atomic E-state index is 12.2. The standard InChI is InChI=1S/C26H31N3O2S/c30-24-20-32-19-18-29(24)26(31)27-14-7-15-28-16-12-23(13-17-28)25(21-8-3-1-4-9-21)22-10-5-2-6-11-22/h1-6,8-11H,7,12-20H2,(H,27,31). The Kier molecular flexibility index (Phi) is 8.02. The van der Waals surface area contributed by atoms with E-state index in [0.29, 0.717) is 18.8 Å². The Bertz CT molecular complexity index is 895. The highest BCUT2D eigenvalue weighted by molar-refractivity contribution is 8.00. The van der Waals surface area contributed by atoms with Crippen molar-refractivity contribution in [2.24, 2.45) is 0 Å². The molecular weight excluding hydrogens is 418 g/mol. The van der Waals surface area contributed by atoms with Gasteiger partial charge >= 0.3 is 6.03 Å². The number of benzene rings is 2. The lowest BCUT2D eigenvalue weighted by atomic mass is 9.88. The lowest BCUT2D eigenvalue weighted by molar-refractivity contribution is -0.125. The summed E-state index contributed by atoms with van der Waals surface area (Å²) in [6.07, 6.45) is 3.02. The Hall–Kier alpha value is -2.57. The first kappa shape index (κ1) is 22.6. The molecule has 0 spiro atoms. The van der Waals surface area contributed by atoms with Gasteiger partial charge in [-0.1, -0.05) is 66.2 Å². The van der Waals surface area contributed by atoms with Crippen molar-refractivity contribution in [3.05, 3.63) is 77.4 Å². The van der Waals surface area contributed by atoms with Gasteiger partial charge in [-0.15, -0.1) is 0 Å². The molecule has 2 aromatic carbocycles. The van der Waals surface area contributed by atoms with Gasteiger partial charge in [-0.3, -0.25) is 9.69 Å². The summed E-state index contributed by atoms with van der Waals surface area (Å²) in [6, 6.07) is 21.2. The van der Waals surface area contributed by atoms with E-state index in [4.69, 9.17) is 0 Å². The Morgan fingerprint density at radius 3 is 2.12 bits per heavy atom. The van der Waals surface area contributed by atoms with Crippen molar-refractivity contribution in [3.63, 3.8) is 0 Å². The molecule has 2 fully saturated rings. The first-order valence-corrected chi connectivity index (χ1v) is 12.6. The Morgan fingerprint density at radius 2 is 1.53 bits per heavy atom. The minimum absolute atomic E-state index is 0.0817. The maximum atomic E-state index is 12.2. The lowest BCUT2D eigenvalue weighted by Gasteiger charge is -2.30. The molecule has 2 heterocycles. The summed E-state index contributed by atoms with van der Waals surface area (Å²) in [5.74, 6) is 1.16. The first-order chi connectivity index (χ1) is 15.7. The number of likely N-dealkylation sites (tertiary alicyclic amines) is 1. The van der Waals surface area contributed by atoms with Gasteiger partial charge in [-0.05, 0) is 42.5 Å². The Balaban J connectivity index is 1.29. The third-order valence-electron chi connectivity index (χ3n) is 6.10. The van der Waals surface area contributed by atoms with Crippen LogP contribution < -0.4 is 5.32 Å². The Morgan fingerprint density at radius 1 is 0.906 bits per heavy atom. The highest BCUT2D eigenvalue weighted by Gasteiger charge is 2.24. The molecule has 0 saturated carbocycles. The summed E-state index contributed by atoms with van der Waals surface area (Å²) in [4.78, 5) is 27.9. The van der Waals surface area contributed by atoms with Crippen LogP contribution in [0.2, 0.25) is 0 Å². The fourth-order valence-electron chi connectivity index (χ4n) is 4.41. The third kappa shape index (κ3) is 5.81. The molecule has 2 aromatic rings. The zero-order valence-corrected chi connectivity index (χ0v) is 19.3. The van der Waals surface area contributed by atoms with Gasteiger partial charge in [0, 0.05) is 31.9 Å². The molecule has 0 unspecified atom stereocenters. The van der Waals surface area contributed by atoms with Crippen LogP contribution in [-0.2, 0) is 4.79 Å². The summed E-state index contributed by atoms with van der Waals surface area (Å²) >= 11 is 1.59. The predicted octanol–water partition coefficient (Wildman–Crippen LogP) is 4.26. The van der Waals surface area contributed by atoms with Gasteiger partial charge in [0.1, 0.15) is 0 Å². The monoisotopic (exact) mass is 449 g/mol.